The third kappa shape index (κ3) is 2.58. The van der Waals surface area contributed by atoms with Gasteiger partial charge in [-0.3, -0.25) is 20.2 Å². The van der Waals surface area contributed by atoms with Crippen LogP contribution in [0.5, 0.6) is 0 Å². The molecule has 2 aromatic rings. The van der Waals surface area contributed by atoms with Crippen molar-refractivity contribution in [2.75, 3.05) is 4.90 Å². The second-order valence-corrected chi connectivity index (χ2v) is 6.30. The fourth-order valence-electron chi connectivity index (χ4n) is 2.49. The van der Waals surface area contributed by atoms with Gasteiger partial charge in [0.2, 0.25) is 4.46 Å². The Bertz CT molecular complexity index is 795. The van der Waals surface area contributed by atoms with Gasteiger partial charge in [-0.1, -0.05) is 35.3 Å². The van der Waals surface area contributed by atoms with Gasteiger partial charge in [-0.2, -0.15) is 0 Å². The van der Waals surface area contributed by atoms with Crippen LogP contribution in [0, 0.1) is 20.2 Å². The van der Waals surface area contributed by atoms with Crippen LogP contribution in [0.15, 0.2) is 48.5 Å². The van der Waals surface area contributed by atoms with E-state index in [0.717, 1.165) is 0 Å². The maximum atomic E-state index is 11.1. The number of alkyl halides is 2. The molecule has 1 fully saturated rings. The molecule has 0 spiro atoms. The van der Waals surface area contributed by atoms with E-state index in [1.807, 2.05) is 0 Å². The molecule has 0 aliphatic carbocycles. The van der Waals surface area contributed by atoms with E-state index in [2.05, 4.69) is 0 Å². The third-order valence-corrected chi connectivity index (χ3v) is 4.38. The molecular formula is C14H9Cl2N3O4. The topological polar surface area (TPSA) is 89.3 Å². The molecule has 1 saturated heterocycles. The van der Waals surface area contributed by atoms with Gasteiger partial charge in [0.15, 0.2) is 0 Å². The van der Waals surface area contributed by atoms with Crippen LogP contribution in [0.25, 0.3) is 0 Å². The van der Waals surface area contributed by atoms with Crippen LogP contribution in [0.3, 0.4) is 0 Å². The number of rotatable bonds is 4. The Kier molecular flexibility index (Phi) is 3.62. The molecule has 3 rings (SSSR count). The minimum Gasteiger partial charge on any atom is -0.321 e. The molecular weight excluding hydrogens is 345 g/mol. The van der Waals surface area contributed by atoms with E-state index in [1.165, 1.54) is 35.2 Å². The van der Waals surface area contributed by atoms with Gasteiger partial charge in [-0.05, 0) is 23.8 Å². The first-order valence-electron chi connectivity index (χ1n) is 6.49. The SMILES string of the molecule is O=[N+]([O-])c1ccc(C2N(c3ccccc3[N+](=O)[O-])C2(Cl)Cl)cc1. The lowest BCUT2D eigenvalue weighted by atomic mass is 10.1. The second-order valence-electron chi connectivity index (χ2n) is 4.95. The summed E-state index contributed by atoms with van der Waals surface area (Å²) in [6, 6.07) is 11.4. The Hall–Kier alpha value is -2.38. The molecule has 1 heterocycles. The standard InChI is InChI=1S/C14H9Cl2N3O4/c15-14(16)13(9-5-7-10(8-6-9)18(20)21)17(14)11-3-1-2-4-12(11)19(22)23/h1-8,13H. The summed E-state index contributed by atoms with van der Waals surface area (Å²) in [7, 11) is 0. The van der Waals surface area contributed by atoms with Crippen LogP contribution >= 0.6 is 23.2 Å². The van der Waals surface area contributed by atoms with E-state index >= 15 is 0 Å². The number of halogens is 2. The molecule has 1 aliphatic rings. The second kappa shape index (κ2) is 5.36. The number of benzene rings is 2. The summed E-state index contributed by atoms with van der Waals surface area (Å²) in [5.41, 5.74) is 0.772. The zero-order chi connectivity index (χ0) is 16.8. The molecule has 0 saturated carbocycles. The highest BCUT2D eigenvalue weighted by atomic mass is 35.5. The van der Waals surface area contributed by atoms with Crippen molar-refractivity contribution in [3.8, 4) is 0 Å². The van der Waals surface area contributed by atoms with Gasteiger partial charge in [0.1, 0.15) is 11.7 Å². The molecule has 9 heteroatoms. The first-order valence-corrected chi connectivity index (χ1v) is 7.24. The van der Waals surface area contributed by atoms with Crippen LogP contribution in [0.2, 0.25) is 0 Å². The lowest BCUT2D eigenvalue weighted by Gasteiger charge is -2.06. The molecule has 0 radical (unpaired) electrons. The van der Waals surface area contributed by atoms with E-state index in [-0.39, 0.29) is 11.4 Å². The minimum atomic E-state index is -1.34. The van der Waals surface area contributed by atoms with Gasteiger partial charge in [0.25, 0.3) is 11.4 Å². The fraction of sp³-hybridized carbons (Fsp3) is 0.143. The Labute approximate surface area is 140 Å². The van der Waals surface area contributed by atoms with Crippen molar-refractivity contribution in [3.63, 3.8) is 0 Å². The molecule has 2 aromatic carbocycles. The van der Waals surface area contributed by atoms with Gasteiger partial charge < -0.3 is 4.90 Å². The van der Waals surface area contributed by atoms with Crippen molar-refractivity contribution in [2.45, 2.75) is 10.5 Å². The van der Waals surface area contributed by atoms with Crippen molar-refractivity contribution >= 4 is 40.3 Å². The smallest absolute Gasteiger partial charge is 0.292 e. The average Bonchev–Trinajstić information content (AvgIpc) is 3.09. The zero-order valence-electron chi connectivity index (χ0n) is 11.4. The summed E-state index contributed by atoms with van der Waals surface area (Å²) in [6.45, 7) is 0. The monoisotopic (exact) mass is 353 g/mol. The molecule has 0 N–H and O–H groups in total. The highest BCUT2D eigenvalue weighted by Gasteiger charge is 2.63. The van der Waals surface area contributed by atoms with Crippen molar-refractivity contribution < 1.29 is 9.85 Å². The summed E-state index contributed by atoms with van der Waals surface area (Å²) < 4.78 is -1.34. The Morgan fingerprint density at radius 3 is 2.13 bits per heavy atom. The van der Waals surface area contributed by atoms with Gasteiger partial charge in [-0.25, -0.2) is 0 Å². The highest BCUT2D eigenvalue weighted by Crippen LogP contribution is 2.62. The largest absolute Gasteiger partial charge is 0.321 e. The molecule has 1 aliphatic heterocycles. The van der Waals surface area contributed by atoms with Crippen molar-refractivity contribution in [2.24, 2.45) is 0 Å². The summed E-state index contributed by atoms with van der Waals surface area (Å²) in [5.74, 6) is 0. The van der Waals surface area contributed by atoms with Crippen molar-refractivity contribution in [3.05, 3.63) is 74.3 Å². The lowest BCUT2D eigenvalue weighted by molar-refractivity contribution is -0.384. The van der Waals surface area contributed by atoms with E-state index in [9.17, 15) is 20.2 Å². The van der Waals surface area contributed by atoms with Crippen LogP contribution in [-0.2, 0) is 0 Å². The predicted octanol–water partition coefficient (Wildman–Crippen LogP) is 4.20. The number of anilines is 1. The van der Waals surface area contributed by atoms with Crippen LogP contribution in [0.4, 0.5) is 17.1 Å². The highest BCUT2D eigenvalue weighted by molar-refractivity contribution is 6.53. The molecule has 0 bridgehead atoms. The summed E-state index contributed by atoms with van der Waals surface area (Å²) in [4.78, 5) is 22.3. The summed E-state index contributed by atoms with van der Waals surface area (Å²) in [6.07, 6.45) is 0. The Balaban J connectivity index is 1.97. The van der Waals surface area contributed by atoms with Gasteiger partial charge >= 0.3 is 0 Å². The number of nitrogens with zero attached hydrogens (tertiary/aromatic N) is 3. The van der Waals surface area contributed by atoms with Crippen LogP contribution in [-0.4, -0.2) is 14.3 Å². The third-order valence-electron chi connectivity index (χ3n) is 3.60. The lowest BCUT2D eigenvalue weighted by Crippen LogP contribution is -2.04. The number of hydrogen-bond donors (Lipinski definition) is 0. The van der Waals surface area contributed by atoms with Crippen molar-refractivity contribution in [1.82, 2.24) is 0 Å². The molecule has 0 amide bonds. The predicted molar refractivity (Wildman–Crippen MR) is 85.8 cm³/mol. The number of hydrogen-bond acceptors (Lipinski definition) is 5. The zero-order valence-corrected chi connectivity index (χ0v) is 12.9. The summed E-state index contributed by atoms with van der Waals surface area (Å²) >= 11 is 12.5. The maximum Gasteiger partial charge on any atom is 0.292 e. The van der Waals surface area contributed by atoms with E-state index in [1.54, 1.807) is 18.2 Å². The van der Waals surface area contributed by atoms with Crippen molar-refractivity contribution in [1.29, 1.82) is 0 Å². The molecule has 1 atom stereocenters. The first-order chi connectivity index (χ1) is 10.8. The van der Waals surface area contributed by atoms with E-state index in [4.69, 9.17) is 23.2 Å². The molecule has 1 unspecified atom stereocenters. The molecule has 7 nitrogen and oxygen atoms in total. The van der Waals surface area contributed by atoms with Crippen LogP contribution < -0.4 is 4.90 Å². The Morgan fingerprint density at radius 2 is 1.57 bits per heavy atom. The molecule has 23 heavy (non-hydrogen) atoms. The maximum absolute atomic E-state index is 11.1. The number of nitro benzene ring substituents is 2. The average molecular weight is 354 g/mol. The van der Waals surface area contributed by atoms with Gasteiger partial charge in [0.05, 0.1) is 9.85 Å². The fourth-order valence-corrected chi connectivity index (χ4v) is 3.22. The Morgan fingerprint density at radius 1 is 0.957 bits per heavy atom. The first kappa shape index (κ1) is 15.5. The normalized spacial score (nSPS) is 18.5. The molecule has 0 aromatic heterocycles. The van der Waals surface area contributed by atoms with E-state index < -0.39 is 20.3 Å². The minimum absolute atomic E-state index is 0.0543. The number of non-ortho nitro benzene ring substituents is 1. The van der Waals surface area contributed by atoms with Gasteiger partial charge in [0, 0.05) is 18.2 Å². The van der Waals surface area contributed by atoms with Gasteiger partial charge in [-0.15, -0.1) is 0 Å². The van der Waals surface area contributed by atoms with Crippen LogP contribution in [0.1, 0.15) is 11.6 Å². The number of para-hydroxylation sites is 2. The quantitative estimate of drug-likeness (QED) is 0.270. The number of nitro groups is 2. The summed E-state index contributed by atoms with van der Waals surface area (Å²) in [5, 5.41) is 21.8. The molecule has 118 valence electrons. The van der Waals surface area contributed by atoms with E-state index in [0.29, 0.717) is 11.3 Å².